The summed E-state index contributed by atoms with van der Waals surface area (Å²) in [5.41, 5.74) is 0.859. The number of anilines is 1. The van der Waals surface area contributed by atoms with Crippen LogP contribution in [0.1, 0.15) is 23.2 Å². The summed E-state index contributed by atoms with van der Waals surface area (Å²) in [6, 6.07) is 9.97. The van der Waals surface area contributed by atoms with E-state index in [1.54, 1.807) is 36.4 Å². The highest BCUT2D eigenvalue weighted by molar-refractivity contribution is 6.54. The molecule has 0 atom stereocenters. The van der Waals surface area contributed by atoms with Crippen LogP contribution in [-0.4, -0.2) is 24.8 Å². The Morgan fingerprint density at radius 2 is 1.76 bits per heavy atom. The Kier molecular flexibility index (Phi) is 5.52. The number of carbonyl (C=O) groups is 2. The predicted octanol–water partition coefficient (Wildman–Crippen LogP) is 5.04. The highest BCUT2D eigenvalue weighted by atomic mass is 35.5. The van der Waals surface area contributed by atoms with Crippen molar-refractivity contribution in [1.82, 2.24) is 0 Å². The number of unbranched alkanes of at least 4 members (excludes halogenated alkanes) is 1. The Morgan fingerprint density at radius 1 is 0.960 bits per heavy atom. The molecular weight excluding hydrogens is 385 g/mol. The number of fused-ring (bicyclic) bond motifs is 1. The molecular formula is C18H14Cl3NO3. The number of amides is 1. The van der Waals surface area contributed by atoms with Crippen LogP contribution in [0, 0.1) is 0 Å². The average molecular weight is 399 g/mol. The highest BCUT2D eigenvalue weighted by Crippen LogP contribution is 2.35. The second-order valence-corrected chi connectivity index (χ2v) is 6.80. The molecule has 0 saturated carbocycles. The van der Waals surface area contributed by atoms with Gasteiger partial charge in [0.2, 0.25) is 0 Å². The summed E-state index contributed by atoms with van der Waals surface area (Å²) >= 11 is 18.1. The third kappa shape index (κ3) is 3.76. The fourth-order valence-electron chi connectivity index (χ4n) is 2.67. The number of nitrogens with zero attached hydrogens (tertiary/aromatic N) is 1. The molecule has 4 nitrogen and oxygen atoms in total. The Labute approximate surface area is 160 Å². The molecule has 1 heterocycles. The van der Waals surface area contributed by atoms with Gasteiger partial charge in [-0.15, -0.1) is 0 Å². The van der Waals surface area contributed by atoms with Crippen LogP contribution in [0.15, 0.2) is 36.4 Å². The maximum absolute atomic E-state index is 12.1. The van der Waals surface area contributed by atoms with Gasteiger partial charge in [-0.1, -0.05) is 40.9 Å². The van der Waals surface area contributed by atoms with Gasteiger partial charge in [0.25, 0.3) is 11.7 Å². The number of rotatable bonds is 6. The van der Waals surface area contributed by atoms with E-state index < -0.39 is 11.7 Å². The van der Waals surface area contributed by atoms with Crippen LogP contribution in [0.2, 0.25) is 15.1 Å². The first kappa shape index (κ1) is 18.1. The zero-order chi connectivity index (χ0) is 18.0. The van der Waals surface area contributed by atoms with Gasteiger partial charge in [0.15, 0.2) is 0 Å². The van der Waals surface area contributed by atoms with Crippen LogP contribution in [0.5, 0.6) is 5.75 Å². The number of para-hydroxylation sites is 1. The van der Waals surface area contributed by atoms with Crippen molar-refractivity contribution >= 4 is 52.2 Å². The summed E-state index contributed by atoms with van der Waals surface area (Å²) in [7, 11) is 0. The standard InChI is InChI=1S/C18H14Cl3NO3/c19-11-6-7-13(20)15(10-11)25-9-2-1-8-22-16-12(17(23)18(22)24)4-3-5-14(16)21/h3-7,10H,1-2,8-9H2. The van der Waals surface area contributed by atoms with E-state index in [2.05, 4.69) is 0 Å². The summed E-state index contributed by atoms with van der Waals surface area (Å²) in [5.74, 6) is -0.531. The SMILES string of the molecule is O=C1C(=O)N(CCCCOc2cc(Cl)ccc2Cl)c2c(Cl)cccc21. The van der Waals surface area contributed by atoms with E-state index in [9.17, 15) is 9.59 Å². The molecule has 7 heteroatoms. The molecule has 1 amide bonds. The molecule has 2 aromatic carbocycles. The lowest BCUT2D eigenvalue weighted by atomic mass is 10.1. The normalized spacial score (nSPS) is 13.3. The van der Waals surface area contributed by atoms with Gasteiger partial charge >= 0.3 is 0 Å². The first-order chi connectivity index (χ1) is 12.0. The molecule has 1 aliphatic rings. The van der Waals surface area contributed by atoms with Crippen LogP contribution >= 0.6 is 34.8 Å². The minimum atomic E-state index is -0.540. The molecule has 0 radical (unpaired) electrons. The first-order valence-electron chi connectivity index (χ1n) is 7.71. The Morgan fingerprint density at radius 3 is 2.56 bits per heavy atom. The molecule has 25 heavy (non-hydrogen) atoms. The molecule has 2 aromatic rings. The van der Waals surface area contributed by atoms with Crippen molar-refractivity contribution < 1.29 is 14.3 Å². The van der Waals surface area contributed by atoms with Crippen LogP contribution in [0.3, 0.4) is 0 Å². The second-order valence-electron chi connectivity index (χ2n) is 5.55. The molecule has 0 aromatic heterocycles. The van der Waals surface area contributed by atoms with E-state index in [1.807, 2.05) is 0 Å². The van der Waals surface area contributed by atoms with Gasteiger partial charge in [0, 0.05) is 17.6 Å². The van der Waals surface area contributed by atoms with E-state index in [0.717, 1.165) is 0 Å². The number of ketones is 1. The fraction of sp³-hybridized carbons (Fsp3) is 0.222. The Hall–Kier alpha value is -1.75. The van der Waals surface area contributed by atoms with E-state index in [-0.39, 0.29) is 0 Å². The largest absolute Gasteiger partial charge is 0.492 e. The number of hydrogen-bond donors (Lipinski definition) is 0. The van der Waals surface area contributed by atoms with Gasteiger partial charge in [-0.2, -0.15) is 0 Å². The van der Waals surface area contributed by atoms with Crippen LogP contribution in [0.25, 0.3) is 0 Å². The molecule has 1 aliphatic heterocycles. The lowest BCUT2D eigenvalue weighted by molar-refractivity contribution is -0.114. The Balaban J connectivity index is 1.56. The van der Waals surface area contributed by atoms with Gasteiger partial charge in [0.05, 0.1) is 27.9 Å². The zero-order valence-corrected chi connectivity index (χ0v) is 15.4. The molecule has 0 aliphatic carbocycles. The van der Waals surface area contributed by atoms with E-state index >= 15 is 0 Å². The summed E-state index contributed by atoms with van der Waals surface area (Å²) in [6.45, 7) is 0.819. The number of Topliss-reactive ketones (excluding diaryl/α,β-unsaturated/α-hetero) is 1. The Bertz CT molecular complexity index is 838. The molecule has 130 valence electrons. The molecule has 3 rings (SSSR count). The number of benzene rings is 2. The molecule has 0 fully saturated rings. The van der Waals surface area contributed by atoms with Gasteiger partial charge in [0.1, 0.15) is 5.75 Å². The van der Waals surface area contributed by atoms with E-state index in [4.69, 9.17) is 39.5 Å². The third-order valence-corrected chi connectivity index (χ3v) is 4.72. The summed E-state index contributed by atoms with van der Waals surface area (Å²) in [4.78, 5) is 25.6. The maximum Gasteiger partial charge on any atom is 0.299 e. The smallest absolute Gasteiger partial charge is 0.299 e. The first-order valence-corrected chi connectivity index (χ1v) is 8.85. The van der Waals surface area contributed by atoms with E-state index in [0.29, 0.717) is 58.1 Å². The minimum Gasteiger partial charge on any atom is -0.492 e. The van der Waals surface area contributed by atoms with Crippen LogP contribution < -0.4 is 9.64 Å². The third-order valence-electron chi connectivity index (χ3n) is 3.87. The van der Waals surface area contributed by atoms with Crippen LogP contribution in [0.4, 0.5) is 5.69 Å². The van der Waals surface area contributed by atoms with Gasteiger partial charge < -0.3 is 9.64 Å². The topological polar surface area (TPSA) is 46.6 Å². The second kappa shape index (κ2) is 7.65. The lowest BCUT2D eigenvalue weighted by Gasteiger charge is -2.17. The molecule has 0 bridgehead atoms. The summed E-state index contributed by atoms with van der Waals surface area (Å²) in [5, 5.41) is 1.44. The molecule has 0 N–H and O–H groups in total. The van der Waals surface area contributed by atoms with Gasteiger partial charge in [-0.05, 0) is 37.1 Å². The predicted molar refractivity (Wildman–Crippen MR) is 99.3 cm³/mol. The fourth-order valence-corrected chi connectivity index (χ4v) is 3.28. The van der Waals surface area contributed by atoms with Crippen molar-refractivity contribution in [2.75, 3.05) is 18.1 Å². The number of halogens is 3. The number of carbonyl (C=O) groups excluding carboxylic acids is 2. The average Bonchev–Trinajstić information content (AvgIpc) is 2.83. The number of hydrogen-bond acceptors (Lipinski definition) is 3. The highest BCUT2D eigenvalue weighted by Gasteiger charge is 2.36. The summed E-state index contributed by atoms with van der Waals surface area (Å²) in [6.07, 6.45) is 1.34. The van der Waals surface area contributed by atoms with Gasteiger partial charge in [-0.25, -0.2) is 0 Å². The zero-order valence-electron chi connectivity index (χ0n) is 13.1. The lowest BCUT2D eigenvalue weighted by Crippen LogP contribution is -2.31. The van der Waals surface area contributed by atoms with Crippen molar-refractivity contribution in [3.63, 3.8) is 0 Å². The molecule has 0 unspecified atom stereocenters. The number of ether oxygens (including phenoxy) is 1. The quantitative estimate of drug-likeness (QED) is 0.506. The maximum atomic E-state index is 12.1. The van der Waals surface area contributed by atoms with Crippen molar-refractivity contribution in [2.45, 2.75) is 12.8 Å². The molecule has 0 saturated heterocycles. The molecule has 0 spiro atoms. The monoisotopic (exact) mass is 397 g/mol. The van der Waals surface area contributed by atoms with Crippen molar-refractivity contribution in [2.24, 2.45) is 0 Å². The van der Waals surface area contributed by atoms with Crippen LogP contribution in [-0.2, 0) is 4.79 Å². The van der Waals surface area contributed by atoms with E-state index in [1.165, 1.54) is 4.90 Å². The van der Waals surface area contributed by atoms with Gasteiger partial charge in [-0.3, -0.25) is 9.59 Å². The van der Waals surface area contributed by atoms with Crippen molar-refractivity contribution in [1.29, 1.82) is 0 Å². The minimum absolute atomic E-state index is 0.361. The van der Waals surface area contributed by atoms with Crippen molar-refractivity contribution in [3.8, 4) is 5.75 Å². The summed E-state index contributed by atoms with van der Waals surface area (Å²) < 4.78 is 5.61. The van der Waals surface area contributed by atoms with Crippen molar-refractivity contribution in [3.05, 3.63) is 57.0 Å².